The van der Waals surface area contributed by atoms with Gasteiger partial charge in [0, 0.05) is 23.6 Å². The first-order chi connectivity index (χ1) is 13.8. The molecule has 3 aromatic rings. The maximum absolute atomic E-state index is 12.8. The van der Waals surface area contributed by atoms with Crippen molar-refractivity contribution in [1.82, 2.24) is 23.8 Å². The molecular formula is C19H22N6O2S. The summed E-state index contributed by atoms with van der Waals surface area (Å²) < 4.78 is 16.1. The fourth-order valence-electron chi connectivity index (χ4n) is 4.12. The summed E-state index contributed by atoms with van der Waals surface area (Å²) in [4.78, 5) is 12.8. The van der Waals surface area contributed by atoms with Gasteiger partial charge in [-0.1, -0.05) is 6.07 Å². The minimum absolute atomic E-state index is 0.103. The number of nitrogens with one attached hydrogen (secondary N) is 2. The van der Waals surface area contributed by atoms with Gasteiger partial charge in [-0.25, -0.2) is 0 Å². The molecule has 9 heteroatoms. The number of aromatic nitrogens is 4. The lowest BCUT2D eigenvalue weighted by Gasteiger charge is -2.23. The van der Waals surface area contributed by atoms with Crippen LogP contribution in [-0.2, 0) is 29.1 Å². The first-order valence-corrected chi connectivity index (χ1v) is 10.4. The van der Waals surface area contributed by atoms with Gasteiger partial charge in [0.1, 0.15) is 17.6 Å². The van der Waals surface area contributed by atoms with E-state index in [1.165, 1.54) is 5.56 Å². The number of rotatable bonds is 4. The van der Waals surface area contributed by atoms with E-state index in [4.69, 9.17) is 9.84 Å². The molecule has 0 saturated carbocycles. The predicted molar refractivity (Wildman–Crippen MR) is 106 cm³/mol. The van der Waals surface area contributed by atoms with E-state index in [9.17, 15) is 4.79 Å². The van der Waals surface area contributed by atoms with Crippen LogP contribution >= 0.6 is 11.7 Å². The summed E-state index contributed by atoms with van der Waals surface area (Å²) in [6, 6.07) is 5.62. The summed E-state index contributed by atoms with van der Waals surface area (Å²) in [7, 11) is 0. The van der Waals surface area contributed by atoms with Crippen LogP contribution in [0.25, 0.3) is 11.0 Å². The number of nitrogens with zero attached hydrogens (tertiary/aromatic N) is 4. The Morgan fingerprint density at radius 3 is 3.11 bits per heavy atom. The minimum atomic E-state index is -0.103. The molecule has 8 nitrogen and oxygen atoms in total. The van der Waals surface area contributed by atoms with Crippen molar-refractivity contribution < 1.29 is 9.53 Å². The smallest absolute Gasteiger partial charge is 0.246 e. The van der Waals surface area contributed by atoms with E-state index >= 15 is 0 Å². The van der Waals surface area contributed by atoms with Crippen molar-refractivity contribution >= 4 is 34.4 Å². The molecule has 0 unspecified atom stereocenters. The molecule has 2 N–H and O–H groups in total. The van der Waals surface area contributed by atoms with Crippen molar-refractivity contribution in [1.29, 1.82) is 0 Å². The number of hydrogen-bond acceptors (Lipinski definition) is 7. The Hall–Kier alpha value is -2.36. The third kappa shape index (κ3) is 3.30. The fraction of sp³-hybridized carbons (Fsp3) is 0.474. The average molecular weight is 398 g/mol. The Bertz CT molecular complexity index is 1010. The highest BCUT2D eigenvalue weighted by molar-refractivity contribution is 7.00. The molecule has 5 rings (SSSR count). The summed E-state index contributed by atoms with van der Waals surface area (Å²) in [6.07, 6.45) is 2.95. The maximum Gasteiger partial charge on any atom is 0.246 e. The van der Waals surface area contributed by atoms with Gasteiger partial charge in [-0.15, -0.1) is 0 Å². The topological polar surface area (TPSA) is 94.0 Å². The summed E-state index contributed by atoms with van der Waals surface area (Å²) in [5.74, 6) is 0.338. The van der Waals surface area contributed by atoms with Crippen molar-refractivity contribution in [3.05, 3.63) is 35.2 Å². The Labute approximate surface area is 166 Å². The van der Waals surface area contributed by atoms with Gasteiger partial charge in [-0.05, 0) is 38.1 Å². The zero-order valence-electron chi connectivity index (χ0n) is 15.5. The molecule has 0 spiro atoms. The number of amides is 1. The molecule has 1 aromatic carbocycles. The Balaban J connectivity index is 1.39. The second-order valence-electron chi connectivity index (χ2n) is 7.28. The highest BCUT2D eigenvalue weighted by Crippen LogP contribution is 2.31. The van der Waals surface area contributed by atoms with Crippen LogP contribution in [0.3, 0.4) is 0 Å². The van der Waals surface area contributed by atoms with E-state index in [-0.39, 0.29) is 12.5 Å². The Morgan fingerprint density at radius 1 is 1.32 bits per heavy atom. The molecule has 2 aliphatic rings. The summed E-state index contributed by atoms with van der Waals surface area (Å²) in [5.41, 5.74) is 5.67. The molecule has 2 aromatic heterocycles. The number of carbonyl (C=O) groups excluding carboxylic acids is 1. The molecule has 0 atom stereocenters. The molecular weight excluding hydrogens is 376 g/mol. The second kappa shape index (κ2) is 7.57. The molecule has 1 amide bonds. The van der Waals surface area contributed by atoms with Crippen LogP contribution < -0.4 is 10.6 Å². The fourth-order valence-corrected chi connectivity index (χ4v) is 4.67. The van der Waals surface area contributed by atoms with Gasteiger partial charge in [0.25, 0.3) is 0 Å². The van der Waals surface area contributed by atoms with E-state index in [0.717, 1.165) is 66.5 Å². The van der Waals surface area contributed by atoms with Gasteiger partial charge in [0.2, 0.25) is 5.91 Å². The SMILES string of the molecule is O=C(Cn1nc(C2CCNCC2)c2c1CCOC2)Nc1cccc2nsnc12. The standard InChI is InChI=1S/C19H22N6O2S/c26-17(21-14-2-1-3-15-19(14)24-28-23-15)10-25-16-6-9-27-11-13(16)18(22-25)12-4-7-20-8-5-12/h1-3,12,20H,4-11H2,(H,21,26). The normalized spacial score (nSPS) is 17.6. The zero-order valence-corrected chi connectivity index (χ0v) is 16.3. The van der Waals surface area contributed by atoms with Gasteiger partial charge in [-0.2, -0.15) is 13.8 Å². The van der Waals surface area contributed by atoms with Crippen LogP contribution in [0, 0.1) is 0 Å². The third-order valence-corrected chi connectivity index (χ3v) is 6.05. The minimum Gasteiger partial charge on any atom is -0.376 e. The number of carbonyl (C=O) groups is 1. The Morgan fingerprint density at radius 2 is 2.21 bits per heavy atom. The zero-order chi connectivity index (χ0) is 18.9. The van der Waals surface area contributed by atoms with E-state index < -0.39 is 0 Å². The quantitative estimate of drug-likeness (QED) is 0.699. The van der Waals surface area contributed by atoms with Crippen molar-refractivity contribution in [3.8, 4) is 0 Å². The predicted octanol–water partition coefficient (Wildman–Crippen LogP) is 2.07. The molecule has 28 heavy (non-hydrogen) atoms. The van der Waals surface area contributed by atoms with Gasteiger partial charge in [0.05, 0.1) is 36.3 Å². The van der Waals surface area contributed by atoms with Crippen LogP contribution in [0.1, 0.15) is 35.7 Å². The number of fused-ring (bicyclic) bond motifs is 2. The molecule has 4 heterocycles. The monoisotopic (exact) mass is 398 g/mol. The summed E-state index contributed by atoms with van der Waals surface area (Å²) in [5, 5.41) is 11.3. The van der Waals surface area contributed by atoms with Gasteiger partial charge < -0.3 is 15.4 Å². The van der Waals surface area contributed by atoms with Crippen molar-refractivity contribution in [2.75, 3.05) is 25.0 Å². The second-order valence-corrected chi connectivity index (χ2v) is 7.81. The first kappa shape index (κ1) is 17.7. The highest BCUT2D eigenvalue weighted by atomic mass is 32.1. The molecule has 0 aliphatic carbocycles. The van der Waals surface area contributed by atoms with Gasteiger partial charge in [-0.3, -0.25) is 9.48 Å². The lowest BCUT2D eigenvalue weighted by molar-refractivity contribution is -0.117. The van der Waals surface area contributed by atoms with E-state index in [0.29, 0.717) is 24.8 Å². The number of hydrogen-bond donors (Lipinski definition) is 2. The molecule has 2 aliphatic heterocycles. The molecule has 0 radical (unpaired) electrons. The summed E-state index contributed by atoms with van der Waals surface area (Å²) in [6.45, 7) is 3.50. The van der Waals surface area contributed by atoms with Crippen LogP contribution in [0.5, 0.6) is 0 Å². The molecule has 1 saturated heterocycles. The third-order valence-electron chi connectivity index (χ3n) is 5.51. The van der Waals surface area contributed by atoms with Crippen molar-refractivity contribution in [3.63, 3.8) is 0 Å². The van der Waals surface area contributed by atoms with Crippen molar-refractivity contribution in [2.45, 2.75) is 38.3 Å². The van der Waals surface area contributed by atoms with E-state index in [2.05, 4.69) is 19.4 Å². The lowest BCUT2D eigenvalue weighted by Crippen LogP contribution is -2.27. The molecule has 1 fully saturated rings. The Kier molecular flexibility index (Phi) is 4.79. The largest absolute Gasteiger partial charge is 0.376 e. The lowest BCUT2D eigenvalue weighted by atomic mass is 9.91. The highest BCUT2D eigenvalue weighted by Gasteiger charge is 2.28. The van der Waals surface area contributed by atoms with Crippen LogP contribution in [0.15, 0.2) is 18.2 Å². The molecule has 146 valence electrons. The maximum atomic E-state index is 12.8. The number of piperidine rings is 1. The number of benzene rings is 1. The van der Waals surface area contributed by atoms with Gasteiger partial charge in [0.15, 0.2) is 0 Å². The first-order valence-electron chi connectivity index (χ1n) is 9.67. The van der Waals surface area contributed by atoms with Crippen molar-refractivity contribution in [2.24, 2.45) is 0 Å². The average Bonchev–Trinajstić information content (AvgIpc) is 3.35. The van der Waals surface area contributed by atoms with Gasteiger partial charge >= 0.3 is 0 Å². The van der Waals surface area contributed by atoms with Crippen LogP contribution in [-0.4, -0.2) is 44.1 Å². The molecule has 0 bridgehead atoms. The van der Waals surface area contributed by atoms with Crippen LogP contribution in [0.4, 0.5) is 5.69 Å². The van der Waals surface area contributed by atoms with E-state index in [1.807, 2.05) is 22.9 Å². The van der Waals surface area contributed by atoms with E-state index in [1.54, 1.807) is 0 Å². The number of anilines is 1. The summed E-state index contributed by atoms with van der Waals surface area (Å²) >= 11 is 1.15. The number of ether oxygens (including phenoxy) is 1. The van der Waals surface area contributed by atoms with Crippen LogP contribution in [0.2, 0.25) is 0 Å².